The Morgan fingerprint density at radius 3 is 2.29 bits per heavy atom. The van der Waals surface area contributed by atoms with E-state index in [1.54, 1.807) is 24.3 Å². The maximum Gasteiger partial charge on any atom is 0.350 e. The van der Waals surface area contributed by atoms with Gasteiger partial charge < -0.3 is 19.7 Å². The van der Waals surface area contributed by atoms with Crippen molar-refractivity contribution in [3.05, 3.63) is 41.6 Å². The number of hydrogen-bond acceptors (Lipinski definition) is 6. The lowest BCUT2D eigenvalue weighted by molar-refractivity contribution is -0.222. The quantitative estimate of drug-likeness (QED) is 0.488. The van der Waals surface area contributed by atoms with E-state index in [4.69, 9.17) is 9.47 Å². The molecule has 0 aromatic heterocycles. The molecule has 28 heavy (non-hydrogen) atoms. The minimum absolute atomic E-state index is 0.0730. The van der Waals surface area contributed by atoms with Crippen LogP contribution in [0.5, 0.6) is 0 Å². The van der Waals surface area contributed by atoms with Gasteiger partial charge in [-0.15, -0.1) is 0 Å². The van der Waals surface area contributed by atoms with Crippen LogP contribution >= 0.6 is 0 Å². The molecule has 0 spiro atoms. The number of benzene rings is 1. The number of piperidine rings is 1. The highest BCUT2D eigenvalue weighted by Gasteiger charge is 2.39. The van der Waals surface area contributed by atoms with Gasteiger partial charge in [0, 0.05) is 32.1 Å². The zero-order valence-electron chi connectivity index (χ0n) is 16.7. The highest BCUT2D eigenvalue weighted by atomic mass is 16.7. The molecule has 2 aliphatic rings. The van der Waals surface area contributed by atoms with Gasteiger partial charge in [-0.3, -0.25) is 4.79 Å². The van der Waals surface area contributed by atoms with E-state index >= 15 is 0 Å². The number of esters is 2. The molecule has 0 bridgehead atoms. The molecule has 2 aliphatic heterocycles. The molecule has 1 amide bonds. The molecule has 2 heterocycles. The third-order valence-corrected chi connectivity index (χ3v) is 5.07. The number of carbonyl (C=O) groups excluding carboxylic acids is 3. The summed E-state index contributed by atoms with van der Waals surface area (Å²) in [5, 5.41) is 2.91. The first-order valence-electron chi connectivity index (χ1n) is 9.54. The summed E-state index contributed by atoms with van der Waals surface area (Å²) in [6.07, 6.45) is 4.29. The number of ether oxygens (including phenoxy) is 2. The van der Waals surface area contributed by atoms with Crippen LogP contribution in [0.1, 0.15) is 57.3 Å². The van der Waals surface area contributed by atoms with Crippen molar-refractivity contribution < 1.29 is 23.9 Å². The Hall–Kier alpha value is -2.83. The maximum absolute atomic E-state index is 13.2. The predicted octanol–water partition coefficient (Wildman–Crippen LogP) is 3.22. The molecule has 1 aromatic rings. The molecular formula is C21H26N2O5. The first-order valence-corrected chi connectivity index (χ1v) is 9.54. The van der Waals surface area contributed by atoms with Gasteiger partial charge in [0.05, 0.1) is 11.3 Å². The number of amides is 1. The number of hydrogen-bond donors (Lipinski definition) is 1. The van der Waals surface area contributed by atoms with Gasteiger partial charge in [0.1, 0.15) is 0 Å². The van der Waals surface area contributed by atoms with Crippen LogP contribution < -0.4 is 5.32 Å². The molecule has 2 unspecified atom stereocenters. The minimum atomic E-state index is -1.29. The Morgan fingerprint density at radius 2 is 1.68 bits per heavy atom. The van der Waals surface area contributed by atoms with Crippen molar-refractivity contribution in [2.24, 2.45) is 0 Å². The molecule has 1 aromatic carbocycles. The summed E-state index contributed by atoms with van der Waals surface area (Å²) in [6.45, 7) is 7.09. The van der Waals surface area contributed by atoms with Gasteiger partial charge in [0.15, 0.2) is 5.57 Å². The van der Waals surface area contributed by atoms with Crippen LogP contribution in [0.3, 0.4) is 0 Å². The lowest BCUT2D eigenvalue weighted by Gasteiger charge is -2.39. The van der Waals surface area contributed by atoms with Crippen LogP contribution in [0, 0.1) is 0 Å². The van der Waals surface area contributed by atoms with Gasteiger partial charge >= 0.3 is 11.9 Å². The SMILES string of the molecule is CC1CCCC(C)N1C(=O)c1ccccc1NC=C1C(=O)OC(C)(C)OC1=O. The summed E-state index contributed by atoms with van der Waals surface area (Å²) < 4.78 is 10.2. The predicted molar refractivity (Wildman–Crippen MR) is 103 cm³/mol. The number of para-hydroxylation sites is 1. The Kier molecular flexibility index (Phi) is 5.45. The number of nitrogens with one attached hydrogen (secondary N) is 1. The van der Waals surface area contributed by atoms with E-state index in [0.717, 1.165) is 19.3 Å². The lowest BCUT2D eigenvalue weighted by Crippen LogP contribution is -2.47. The monoisotopic (exact) mass is 386 g/mol. The van der Waals surface area contributed by atoms with Crippen LogP contribution in [0.15, 0.2) is 36.0 Å². The summed E-state index contributed by atoms with van der Waals surface area (Å²) in [5.41, 5.74) is 0.745. The van der Waals surface area contributed by atoms with E-state index in [9.17, 15) is 14.4 Å². The molecule has 0 saturated carbocycles. The van der Waals surface area contributed by atoms with Crippen molar-refractivity contribution >= 4 is 23.5 Å². The first-order chi connectivity index (χ1) is 13.2. The van der Waals surface area contributed by atoms with E-state index in [1.807, 2.05) is 4.90 Å². The van der Waals surface area contributed by atoms with E-state index in [2.05, 4.69) is 19.2 Å². The molecule has 2 saturated heterocycles. The van der Waals surface area contributed by atoms with E-state index in [1.165, 1.54) is 20.0 Å². The molecular weight excluding hydrogens is 360 g/mol. The average molecular weight is 386 g/mol. The zero-order valence-corrected chi connectivity index (χ0v) is 16.7. The fourth-order valence-electron chi connectivity index (χ4n) is 3.68. The molecule has 0 aliphatic carbocycles. The first kappa shape index (κ1) is 19.9. The molecule has 1 N–H and O–H groups in total. The van der Waals surface area contributed by atoms with Crippen molar-refractivity contribution in [3.63, 3.8) is 0 Å². The number of anilines is 1. The van der Waals surface area contributed by atoms with Gasteiger partial charge in [0.2, 0.25) is 0 Å². The Labute approximate surface area is 164 Å². The second-order valence-corrected chi connectivity index (χ2v) is 7.77. The highest BCUT2D eigenvalue weighted by molar-refractivity contribution is 6.15. The second-order valence-electron chi connectivity index (χ2n) is 7.77. The molecule has 7 nitrogen and oxygen atoms in total. The standard InChI is InChI=1S/C21H26N2O5/c1-13-8-7-9-14(2)23(13)18(24)15-10-5-6-11-17(15)22-12-16-19(25)27-21(3,4)28-20(16)26/h5-6,10-14,22H,7-9H2,1-4H3. The fourth-order valence-corrected chi connectivity index (χ4v) is 3.68. The second kappa shape index (κ2) is 7.66. The molecule has 7 heteroatoms. The Bertz CT molecular complexity index is 798. The highest BCUT2D eigenvalue weighted by Crippen LogP contribution is 2.28. The fraction of sp³-hybridized carbons (Fsp3) is 0.476. The molecule has 3 rings (SSSR count). The average Bonchev–Trinajstić information content (AvgIpc) is 2.60. The third-order valence-electron chi connectivity index (χ3n) is 5.07. The third kappa shape index (κ3) is 4.03. The number of carbonyl (C=O) groups is 3. The molecule has 150 valence electrons. The summed E-state index contributed by atoms with van der Waals surface area (Å²) in [6, 6.07) is 7.35. The summed E-state index contributed by atoms with van der Waals surface area (Å²) in [7, 11) is 0. The van der Waals surface area contributed by atoms with Crippen LogP contribution in [-0.2, 0) is 19.1 Å². The normalized spacial score (nSPS) is 24.3. The Balaban J connectivity index is 1.84. The molecule has 2 atom stereocenters. The smallest absolute Gasteiger partial charge is 0.350 e. The van der Waals surface area contributed by atoms with Gasteiger partial charge in [-0.25, -0.2) is 9.59 Å². The summed E-state index contributed by atoms with van der Waals surface area (Å²) >= 11 is 0. The van der Waals surface area contributed by atoms with E-state index in [0.29, 0.717) is 11.3 Å². The van der Waals surface area contributed by atoms with E-state index in [-0.39, 0.29) is 23.6 Å². The maximum atomic E-state index is 13.2. The minimum Gasteiger partial charge on any atom is -0.419 e. The van der Waals surface area contributed by atoms with E-state index < -0.39 is 17.7 Å². The van der Waals surface area contributed by atoms with Crippen LogP contribution in [0.2, 0.25) is 0 Å². The molecule has 0 radical (unpaired) electrons. The van der Waals surface area contributed by atoms with Crippen LogP contribution in [-0.4, -0.2) is 40.6 Å². The molecule has 2 fully saturated rings. The largest absolute Gasteiger partial charge is 0.419 e. The van der Waals surface area contributed by atoms with Gasteiger partial charge in [0.25, 0.3) is 11.7 Å². The number of rotatable bonds is 3. The summed E-state index contributed by atoms with van der Waals surface area (Å²) in [5.74, 6) is -2.90. The number of cyclic esters (lactones) is 2. The van der Waals surface area contributed by atoms with Crippen LogP contribution in [0.4, 0.5) is 5.69 Å². The van der Waals surface area contributed by atoms with Crippen molar-refractivity contribution in [1.82, 2.24) is 4.90 Å². The van der Waals surface area contributed by atoms with Crippen molar-refractivity contribution in [3.8, 4) is 0 Å². The topological polar surface area (TPSA) is 84.9 Å². The van der Waals surface area contributed by atoms with Crippen molar-refractivity contribution in [2.75, 3.05) is 5.32 Å². The van der Waals surface area contributed by atoms with Gasteiger partial charge in [-0.2, -0.15) is 0 Å². The number of likely N-dealkylation sites (tertiary alicyclic amines) is 1. The number of nitrogens with zero attached hydrogens (tertiary/aromatic N) is 1. The van der Waals surface area contributed by atoms with Crippen LogP contribution in [0.25, 0.3) is 0 Å². The van der Waals surface area contributed by atoms with Crippen molar-refractivity contribution in [1.29, 1.82) is 0 Å². The van der Waals surface area contributed by atoms with Crippen molar-refractivity contribution in [2.45, 2.75) is 64.8 Å². The van der Waals surface area contributed by atoms with Gasteiger partial charge in [-0.1, -0.05) is 12.1 Å². The summed E-state index contributed by atoms with van der Waals surface area (Å²) in [4.78, 5) is 39.3. The Morgan fingerprint density at radius 1 is 1.11 bits per heavy atom. The lowest BCUT2D eigenvalue weighted by atomic mass is 9.96. The van der Waals surface area contributed by atoms with Gasteiger partial charge in [-0.05, 0) is 45.2 Å². The zero-order chi connectivity index (χ0) is 20.5.